The number of unbranched alkanes of at least 4 members (excludes halogenated alkanes) is 1. The van der Waals surface area contributed by atoms with E-state index in [0.29, 0.717) is 30.2 Å². The van der Waals surface area contributed by atoms with Gasteiger partial charge in [0.25, 0.3) is 10.0 Å². The molecule has 0 aliphatic rings. The highest BCUT2D eigenvalue weighted by molar-refractivity contribution is 7.92. The number of hydrogen-bond acceptors (Lipinski definition) is 5. The molecule has 4 aromatic rings. The summed E-state index contributed by atoms with van der Waals surface area (Å²) in [6.07, 6.45) is 2.11. The standard InChI is InChI=1S/C36H41N3O5S/c1-4-6-25-37-36(41)34(5-2)38(26-29-13-9-7-10-14-29)35(40)27-39(45(42,43)33-23-17-28(3)18-24-33)30-19-21-32(22-20-30)44-31-15-11-8-12-16-31/h7-24,34H,4-6,25-27H2,1-3H3,(H,37,41)/t34-/m0/s1. The molecule has 0 aliphatic carbocycles. The first-order chi connectivity index (χ1) is 21.7. The number of benzene rings is 4. The second kappa shape index (κ2) is 15.9. The molecule has 0 aromatic heterocycles. The number of nitrogens with one attached hydrogen (secondary N) is 1. The molecule has 0 unspecified atom stereocenters. The molecular formula is C36H41N3O5S. The van der Waals surface area contributed by atoms with E-state index in [4.69, 9.17) is 4.74 Å². The minimum Gasteiger partial charge on any atom is -0.457 e. The molecule has 4 aromatic carbocycles. The monoisotopic (exact) mass is 627 g/mol. The minimum atomic E-state index is -4.17. The van der Waals surface area contributed by atoms with Crippen LogP contribution < -0.4 is 14.4 Å². The molecule has 0 aliphatic heterocycles. The third-order valence-electron chi connectivity index (χ3n) is 7.40. The lowest BCUT2D eigenvalue weighted by Gasteiger charge is -2.33. The maximum absolute atomic E-state index is 14.2. The van der Waals surface area contributed by atoms with E-state index in [0.717, 1.165) is 28.3 Å². The minimum absolute atomic E-state index is 0.0597. The Bertz CT molecular complexity index is 1630. The normalized spacial score (nSPS) is 11.8. The van der Waals surface area contributed by atoms with E-state index in [1.54, 1.807) is 36.4 Å². The van der Waals surface area contributed by atoms with Gasteiger partial charge in [0.15, 0.2) is 0 Å². The zero-order chi connectivity index (χ0) is 32.2. The molecule has 236 valence electrons. The summed E-state index contributed by atoms with van der Waals surface area (Å²) in [7, 11) is -4.17. The number of anilines is 1. The Hall–Kier alpha value is -4.63. The van der Waals surface area contributed by atoms with Gasteiger partial charge in [0, 0.05) is 13.1 Å². The number of carbonyl (C=O) groups is 2. The number of para-hydroxylation sites is 1. The average Bonchev–Trinajstić information content (AvgIpc) is 3.05. The van der Waals surface area contributed by atoms with Crippen molar-refractivity contribution in [3.8, 4) is 11.5 Å². The molecule has 0 spiro atoms. The molecule has 0 saturated carbocycles. The van der Waals surface area contributed by atoms with Crippen LogP contribution in [0.15, 0.2) is 114 Å². The number of ether oxygens (including phenoxy) is 1. The van der Waals surface area contributed by atoms with Crippen molar-refractivity contribution in [3.63, 3.8) is 0 Å². The van der Waals surface area contributed by atoms with Gasteiger partial charge >= 0.3 is 0 Å². The molecule has 0 saturated heterocycles. The molecule has 4 rings (SSSR count). The van der Waals surface area contributed by atoms with E-state index in [1.807, 2.05) is 81.4 Å². The molecular weight excluding hydrogens is 586 g/mol. The van der Waals surface area contributed by atoms with Crippen molar-refractivity contribution in [1.82, 2.24) is 10.2 Å². The van der Waals surface area contributed by atoms with Gasteiger partial charge in [0.1, 0.15) is 24.1 Å². The molecule has 8 nitrogen and oxygen atoms in total. The third kappa shape index (κ3) is 8.95. The summed E-state index contributed by atoms with van der Waals surface area (Å²) in [6.45, 7) is 5.92. The Kier molecular flexibility index (Phi) is 11.8. The van der Waals surface area contributed by atoms with Crippen LogP contribution in [0.25, 0.3) is 0 Å². The van der Waals surface area contributed by atoms with E-state index in [1.165, 1.54) is 17.0 Å². The van der Waals surface area contributed by atoms with E-state index >= 15 is 0 Å². The van der Waals surface area contributed by atoms with Crippen LogP contribution in [0.3, 0.4) is 0 Å². The van der Waals surface area contributed by atoms with E-state index in [9.17, 15) is 18.0 Å². The van der Waals surface area contributed by atoms with Crippen LogP contribution >= 0.6 is 0 Å². The quantitative estimate of drug-likeness (QED) is 0.148. The lowest BCUT2D eigenvalue weighted by molar-refractivity contribution is -0.140. The van der Waals surface area contributed by atoms with Crippen LogP contribution in [0.1, 0.15) is 44.2 Å². The highest BCUT2D eigenvalue weighted by Crippen LogP contribution is 2.29. The van der Waals surface area contributed by atoms with Crippen molar-refractivity contribution in [2.45, 2.75) is 57.5 Å². The first-order valence-electron chi connectivity index (χ1n) is 15.3. The largest absolute Gasteiger partial charge is 0.457 e. The Morgan fingerprint density at radius 2 is 1.40 bits per heavy atom. The van der Waals surface area contributed by atoms with Crippen LogP contribution in [-0.4, -0.2) is 44.3 Å². The molecule has 0 fully saturated rings. The first kappa shape index (κ1) is 33.3. The number of hydrogen-bond donors (Lipinski definition) is 1. The zero-order valence-corrected chi connectivity index (χ0v) is 26.9. The predicted molar refractivity (Wildman–Crippen MR) is 178 cm³/mol. The summed E-state index contributed by atoms with van der Waals surface area (Å²) >= 11 is 0. The number of carbonyl (C=O) groups excluding carboxylic acids is 2. The highest BCUT2D eigenvalue weighted by Gasteiger charge is 2.33. The summed E-state index contributed by atoms with van der Waals surface area (Å²) < 4.78 is 35.3. The highest BCUT2D eigenvalue weighted by atomic mass is 32.2. The van der Waals surface area contributed by atoms with Crippen molar-refractivity contribution in [3.05, 3.63) is 120 Å². The summed E-state index contributed by atoms with van der Waals surface area (Å²) in [5.74, 6) is 0.413. The SMILES string of the molecule is CCCCNC(=O)[C@H](CC)N(Cc1ccccc1)C(=O)CN(c1ccc(Oc2ccccc2)cc1)S(=O)(=O)c1ccc(C)cc1. The lowest BCUT2D eigenvalue weighted by atomic mass is 10.1. The maximum Gasteiger partial charge on any atom is 0.264 e. The van der Waals surface area contributed by atoms with E-state index in [2.05, 4.69) is 5.32 Å². The summed E-state index contributed by atoms with van der Waals surface area (Å²) in [5, 5.41) is 2.95. The Balaban J connectivity index is 1.70. The van der Waals surface area contributed by atoms with E-state index in [-0.39, 0.29) is 17.3 Å². The van der Waals surface area contributed by atoms with Gasteiger partial charge in [-0.2, -0.15) is 0 Å². The molecule has 45 heavy (non-hydrogen) atoms. The number of nitrogens with zero attached hydrogens (tertiary/aromatic N) is 2. The molecule has 0 radical (unpaired) electrons. The molecule has 1 N–H and O–H groups in total. The topological polar surface area (TPSA) is 96.0 Å². The summed E-state index contributed by atoms with van der Waals surface area (Å²) in [6, 6.07) is 31.0. The van der Waals surface area contributed by atoms with Crippen LogP contribution in [0.5, 0.6) is 11.5 Å². The second-order valence-electron chi connectivity index (χ2n) is 10.8. The Morgan fingerprint density at radius 1 is 0.800 bits per heavy atom. The van der Waals surface area contributed by atoms with Gasteiger partial charge in [-0.3, -0.25) is 13.9 Å². The molecule has 2 amide bonds. The van der Waals surface area contributed by atoms with Crippen LogP contribution in [0.4, 0.5) is 5.69 Å². The smallest absolute Gasteiger partial charge is 0.264 e. The van der Waals surface area contributed by atoms with Crippen molar-refractivity contribution in [2.75, 3.05) is 17.4 Å². The van der Waals surface area contributed by atoms with Gasteiger partial charge in [0.05, 0.1) is 10.6 Å². The first-order valence-corrected chi connectivity index (χ1v) is 16.7. The summed E-state index contributed by atoms with van der Waals surface area (Å²) in [4.78, 5) is 29.1. The molecule has 1 atom stereocenters. The van der Waals surface area contributed by atoms with Crippen molar-refractivity contribution >= 4 is 27.5 Å². The Labute approximate surface area is 266 Å². The number of sulfonamides is 1. The number of aryl methyl sites for hydroxylation is 1. The van der Waals surface area contributed by atoms with Crippen LogP contribution in [0.2, 0.25) is 0 Å². The van der Waals surface area contributed by atoms with Crippen molar-refractivity contribution in [1.29, 1.82) is 0 Å². The average molecular weight is 628 g/mol. The number of rotatable bonds is 15. The van der Waals surface area contributed by atoms with Crippen molar-refractivity contribution in [2.24, 2.45) is 0 Å². The molecule has 0 bridgehead atoms. The van der Waals surface area contributed by atoms with Gasteiger partial charge in [-0.1, -0.05) is 86.5 Å². The van der Waals surface area contributed by atoms with Gasteiger partial charge in [0.2, 0.25) is 11.8 Å². The second-order valence-corrected chi connectivity index (χ2v) is 12.7. The van der Waals surface area contributed by atoms with Crippen molar-refractivity contribution < 1.29 is 22.7 Å². The maximum atomic E-state index is 14.2. The Morgan fingerprint density at radius 3 is 2.00 bits per heavy atom. The van der Waals surface area contributed by atoms with Gasteiger partial charge in [-0.05, 0) is 73.9 Å². The fourth-order valence-corrected chi connectivity index (χ4v) is 6.29. The fraction of sp³-hybridized carbons (Fsp3) is 0.278. The van der Waals surface area contributed by atoms with E-state index < -0.39 is 28.5 Å². The lowest BCUT2D eigenvalue weighted by Crippen LogP contribution is -2.52. The molecule has 9 heteroatoms. The van der Waals surface area contributed by atoms with Crippen LogP contribution in [0, 0.1) is 6.92 Å². The zero-order valence-electron chi connectivity index (χ0n) is 26.1. The predicted octanol–water partition coefficient (Wildman–Crippen LogP) is 6.71. The number of amides is 2. The fourth-order valence-electron chi connectivity index (χ4n) is 4.88. The summed E-state index contributed by atoms with van der Waals surface area (Å²) in [5.41, 5.74) is 2.04. The van der Waals surface area contributed by atoms with Gasteiger partial charge in [-0.15, -0.1) is 0 Å². The van der Waals surface area contributed by atoms with Crippen LogP contribution in [-0.2, 0) is 26.2 Å². The molecule has 0 heterocycles. The van der Waals surface area contributed by atoms with Gasteiger partial charge in [-0.25, -0.2) is 8.42 Å². The van der Waals surface area contributed by atoms with Gasteiger partial charge < -0.3 is 15.0 Å². The third-order valence-corrected chi connectivity index (χ3v) is 9.19.